The van der Waals surface area contributed by atoms with Gasteiger partial charge in [0.15, 0.2) is 6.61 Å². The predicted octanol–water partition coefficient (Wildman–Crippen LogP) is 5.74. The maximum Gasteiger partial charge on any atom is 0.261 e. The Morgan fingerprint density at radius 2 is 1.67 bits per heavy atom. The molecule has 180 valence electrons. The normalized spacial score (nSPS) is 12.2. The molecule has 0 aromatic heterocycles. The third kappa shape index (κ3) is 8.39. The van der Waals surface area contributed by atoms with E-state index in [0.717, 1.165) is 18.4 Å². The summed E-state index contributed by atoms with van der Waals surface area (Å²) in [5, 5.41) is 3.59. The van der Waals surface area contributed by atoms with Crippen LogP contribution in [-0.2, 0) is 21.5 Å². The van der Waals surface area contributed by atoms with Crippen molar-refractivity contribution in [3.8, 4) is 5.75 Å². The van der Waals surface area contributed by atoms with E-state index < -0.39 is 6.04 Å². The van der Waals surface area contributed by atoms with Crippen molar-refractivity contribution < 1.29 is 14.3 Å². The summed E-state index contributed by atoms with van der Waals surface area (Å²) in [4.78, 5) is 27.7. The summed E-state index contributed by atoms with van der Waals surface area (Å²) in [6.07, 6.45) is 2.41. The van der Waals surface area contributed by atoms with Gasteiger partial charge in [-0.05, 0) is 53.6 Å². The van der Waals surface area contributed by atoms with Crippen LogP contribution in [0.25, 0.3) is 0 Å². The van der Waals surface area contributed by atoms with E-state index in [9.17, 15) is 9.59 Å². The zero-order chi connectivity index (χ0) is 24.4. The molecule has 1 N–H and O–H groups in total. The van der Waals surface area contributed by atoms with E-state index >= 15 is 0 Å². The number of carbonyl (C=O) groups is 2. The highest BCUT2D eigenvalue weighted by Crippen LogP contribution is 2.24. The summed E-state index contributed by atoms with van der Waals surface area (Å²) in [6, 6.07) is 14.5. The lowest BCUT2D eigenvalue weighted by Gasteiger charge is -2.30. The van der Waals surface area contributed by atoms with Gasteiger partial charge in [0.2, 0.25) is 5.91 Å². The number of carbonyl (C=O) groups excluding carboxylic acids is 2. The molecule has 0 fully saturated rings. The highest BCUT2D eigenvalue weighted by Gasteiger charge is 2.28. The first-order chi connectivity index (χ1) is 15.7. The van der Waals surface area contributed by atoms with Crippen molar-refractivity contribution in [1.29, 1.82) is 0 Å². The number of amides is 2. The number of nitrogens with zero attached hydrogens (tertiary/aromatic N) is 1. The number of hydrogen-bond donors (Lipinski definition) is 1. The Morgan fingerprint density at radius 1 is 1.03 bits per heavy atom. The molecule has 2 amide bonds. The van der Waals surface area contributed by atoms with Crippen LogP contribution in [-0.4, -0.2) is 35.9 Å². The van der Waals surface area contributed by atoms with Crippen molar-refractivity contribution in [2.75, 3.05) is 13.2 Å². The third-order valence-electron chi connectivity index (χ3n) is 5.56. The second-order valence-electron chi connectivity index (χ2n) is 9.28. The second kappa shape index (κ2) is 12.6. The number of benzene rings is 2. The molecule has 0 saturated heterocycles. The first-order valence-corrected chi connectivity index (χ1v) is 12.1. The zero-order valence-electron chi connectivity index (χ0n) is 20.5. The van der Waals surface area contributed by atoms with Crippen LogP contribution in [0.4, 0.5) is 0 Å². The Hall–Kier alpha value is -2.53. The fourth-order valence-electron chi connectivity index (χ4n) is 3.49. The van der Waals surface area contributed by atoms with Gasteiger partial charge in [0.1, 0.15) is 11.8 Å². The number of ether oxygens (including phenoxy) is 1. The average Bonchev–Trinajstić information content (AvgIpc) is 2.78. The molecule has 0 saturated carbocycles. The fourth-order valence-corrected chi connectivity index (χ4v) is 3.62. The Morgan fingerprint density at radius 3 is 2.21 bits per heavy atom. The molecule has 0 aliphatic carbocycles. The second-order valence-corrected chi connectivity index (χ2v) is 9.72. The van der Waals surface area contributed by atoms with Crippen molar-refractivity contribution in [3.63, 3.8) is 0 Å². The van der Waals surface area contributed by atoms with Gasteiger partial charge in [0.05, 0.1) is 0 Å². The molecule has 33 heavy (non-hydrogen) atoms. The minimum Gasteiger partial charge on any atom is -0.484 e. The van der Waals surface area contributed by atoms with Crippen LogP contribution in [0.5, 0.6) is 5.75 Å². The lowest BCUT2D eigenvalue weighted by Crippen LogP contribution is -2.50. The fraction of sp³-hybridized carbons (Fsp3) is 0.481. The lowest BCUT2D eigenvalue weighted by molar-refractivity contribution is -0.143. The summed E-state index contributed by atoms with van der Waals surface area (Å²) in [7, 11) is 0. The number of halogens is 1. The first kappa shape index (κ1) is 26.7. The van der Waals surface area contributed by atoms with Crippen LogP contribution in [0.3, 0.4) is 0 Å². The monoisotopic (exact) mass is 472 g/mol. The van der Waals surface area contributed by atoms with Crippen LogP contribution >= 0.6 is 11.6 Å². The van der Waals surface area contributed by atoms with E-state index in [2.05, 4.69) is 33.0 Å². The molecule has 0 aliphatic rings. The van der Waals surface area contributed by atoms with Crippen LogP contribution in [0.2, 0.25) is 5.02 Å². The molecule has 0 unspecified atom stereocenters. The molecule has 0 heterocycles. The molecular formula is C27H37ClN2O3. The quantitative estimate of drug-likeness (QED) is 0.424. The number of hydrogen-bond acceptors (Lipinski definition) is 3. The average molecular weight is 473 g/mol. The number of unbranched alkanes of at least 4 members (excludes halogenated alkanes) is 1. The van der Waals surface area contributed by atoms with Gasteiger partial charge >= 0.3 is 0 Å². The summed E-state index contributed by atoms with van der Waals surface area (Å²) < 4.78 is 5.80. The standard InChI is InChI=1S/C27H37ClN2O3/c1-6-8-17-29-26(32)24(7-2)30(18-20-9-13-22(28)14-10-20)25(31)19-33-23-15-11-21(12-16-23)27(3,4)5/h9-16,24H,6-8,17-19H2,1-5H3,(H,29,32)/t24-/m1/s1. The number of rotatable bonds is 11. The first-order valence-electron chi connectivity index (χ1n) is 11.7. The van der Waals surface area contributed by atoms with E-state index in [0.29, 0.717) is 30.3 Å². The molecular weight excluding hydrogens is 436 g/mol. The molecule has 1 atom stereocenters. The molecule has 6 heteroatoms. The van der Waals surface area contributed by atoms with Crippen molar-refractivity contribution in [3.05, 3.63) is 64.7 Å². The SMILES string of the molecule is CCCCNC(=O)[C@@H](CC)N(Cc1ccc(Cl)cc1)C(=O)COc1ccc(C(C)(C)C)cc1. The molecule has 2 aromatic rings. The van der Waals surface area contributed by atoms with E-state index in [-0.39, 0.29) is 23.8 Å². The van der Waals surface area contributed by atoms with Crippen molar-refractivity contribution >= 4 is 23.4 Å². The van der Waals surface area contributed by atoms with Crippen molar-refractivity contribution in [1.82, 2.24) is 10.2 Å². The molecule has 0 spiro atoms. The van der Waals surface area contributed by atoms with E-state index in [1.165, 1.54) is 5.56 Å². The summed E-state index contributed by atoms with van der Waals surface area (Å²) in [5.74, 6) is 0.258. The number of nitrogens with one attached hydrogen (secondary N) is 1. The van der Waals surface area contributed by atoms with Crippen LogP contribution in [0, 0.1) is 0 Å². The third-order valence-corrected chi connectivity index (χ3v) is 5.82. The van der Waals surface area contributed by atoms with Gasteiger partial charge in [-0.3, -0.25) is 9.59 Å². The van der Waals surface area contributed by atoms with Crippen LogP contribution in [0.1, 0.15) is 65.0 Å². The molecule has 0 radical (unpaired) electrons. The predicted molar refractivity (Wildman–Crippen MR) is 135 cm³/mol. The zero-order valence-corrected chi connectivity index (χ0v) is 21.2. The van der Waals surface area contributed by atoms with E-state index in [1.54, 1.807) is 17.0 Å². The highest BCUT2D eigenvalue weighted by molar-refractivity contribution is 6.30. The van der Waals surface area contributed by atoms with Gasteiger partial charge in [0, 0.05) is 18.1 Å². The maximum absolute atomic E-state index is 13.2. The topological polar surface area (TPSA) is 58.6 Å². The minimum atomic E-state index is -0.572. The van der Waals surface area contributed by atoms with Crippen LogP contribution in [0.15, 0.2) is 48.5 Å². The van der Waals surface area contributed by atoms with Crippen molar-refractivity contribution in [2.45, 2.75) is 71.9 Å². The molecule has 2 aromatic carbocycles. The molecule has 2 rings (SSSR count). The summed E-state index contributed by atoms with van der Waals surface area (Å²) >= 11 is 6.01. The molecule has 0 aliphatic heterocycles. The Labute approximate surface area is 203 Å². The molecule has 5 nitrogen and oxygen atoms in total. The Kier molecular flexibility index (Phi) is 10.2. The van der Waals surface area contributed by atoms with Gasteiger partial charge < -0.3 is 15.0 Å². The molecule has 0 bridgehead atoms. The van der Waals surface area contributed by atoms with Crippen LogP contribution < -0.4 is 10.1 Å². The van der Waals surface area contributed by atoms with Gasteiger partial charge in [-0.25, -0.2) is 0 Å². The van der Waals surface area contributed by atoms with E-state index in [1.807, 2.05) is 43.3 Å². The summed E-state index contributed by atoms with van der Waals surface area (Å²) in [6.45, 7) is 11.2. The van der Waals surface area contributed by atoms with Gasteiger partial charge in [0.25, 0.3) is 5.91 Å². The Balaban J connectivity index is 2.15. The van der Waals surface area contributed by atoms with Gasteiger partial charge in [-0.2, -0.15) is 0 Å². The highest BCUT2D eigenvalue weighted by atomic mass is 35.5. The lowest BCUT2D eigenvalue weighted by atomic mass is 9.87. The van der Waals surface area contributed by atoms with Gasteiger partial charge in [-0.15, -0.1) is 0 Å². The van der Waals surface area contributed by atoms with Crippen molar-refractivity contribution in [2.24, 2.45) is 0 Å². The van der Waals surface area contributed by atoms with Gasteiger partial charge in [-0.1, -0.05) is 76.9 Å². The van der Waals surface area contributed by atoms with E-state index in [4.69, 9.17) is 16.3 Å². The Bertz CT molecular complexity index is 889. The summed E-state index contributed by atoms with van der Waals surface area (Å²) in [5.41, 5.74) is 2.14. The maximum atomic E-state index is 13.2. The minimum absolute atomic E-state index is 0.0449. The smallest absolute Gasteiger partial charge is 0.261 e. The largest absolute Gasteiger partial charge is 0.484 e.